The van der Waals surface area contributed by atoms with E-state index in [9.17, 15) is 13.2 Å². The first-order valence-corrected chi connectivity index (χ1v) is 6.37. The van der Waals surface area contributed by atoms with Gasteiger partial charge in [0.05, 0.1) is 18.2 Å². The molecule has 5 heteroatoms. The van der Waals surface area contributed by atoms with Gasteiger partial charge >= 0.3 is 6.18 Å². The van der Waals surface area contributed by atoms with Gasteiger partial charge in [-0.15, -0.1) is 0 Å². The summed E-state index contributed by atoms with van der Waals surface area (Å²) in [5.41, 5.74) is 4.87. The van der Waals surface area contributed by atoms with Crippen LogP contribution in [0.3, 0.4) is 0 Å². The lowest BCUT2D eigenvalue weighted by Gasteiger charge is -2.29. The SMILES string of the molecule is COc1ccc(C(C)(N)c2ccccc2C(F)(F)F)cc1. The van der Waals surface area contributed by atoms with Gasteiger partial charge in [0.2, 0.25) is 0 Å². The third kappa shape index (κ3) is 3.03. The van der Waals surface area contributed by atoms with E-state index in [4.69, 9.17) is 10.5 Å². The zero-order valence-corrected chi connectivity index (χ0v) is 11.7. The summed E-state index contributed by atoms with van der Waals surface area (Å²) in [6.45, 7) is 1.57. The predicted molar refractivity (Wildman–Crippen MR) is 75.1 cm³/mol. The van der Waals surface area contributed by atoms with Crippen LogP contribution in [0.5, 0.6) is 5.75 Å². The summed E-state index contributed by atoms with van der Waals surface area (Å²) in [5.74, 6) is 0.624. The Hall–Kier alpha value is -2.01. The number of ether oxygens (including phenoxy) is 1. The lowest BCUT2D eigenvalue weighted by Crippen LogP contribution is -2.36. The predicted octanol–water partition coefficient (Wildman–Crippen LogP) is 3.94. The van der Waals surface area contributed by atoms with Gasteiger partial charge in [-0.2, -0.15) is 13.2 Å². The number of nitrogens with two attached hydrogens (primary N) is 1. The number of hydrogen-bond donors (Lipinski definition) is 1. The third-order valence-electron chi connectivity index (χ3n) is 3.48. The molecule has 0 aliphatic heterocycles. The number of alkyl halides is 3. The largest absolute Gasteiger partial charge is 0.497 e. The molecule has 2 aromatic carbocycles. The van der Waals surface area contributed by atoms with Crippen LogP contribution in [0.4, 0.5) is 13.2 Å². The van der Waals surface area contributed by atoms with E-state index >= 15 is 0 Å². The molecule has 0 radical (unpaired) electrons. The van der Waals surface area contributed by atoms with E-state index in [1.54, 1.807) is 37.3 Å². The van der Waals surface area contributed by atoms with Crippen LogP contribution in [-0.4, -0.2) is 7.11 Å². The molecule has 0 amide bonds. The molecule has 0 fully saturated rings. The van der Waals surface area contributed by atoms with Crippen LogP contribution in [0.25, 0.3) is 0 Å². The van der Waals surface area contributed by atoms with Crippen molar-refractivity contribution < 1.29 is 17.9 Å². The summed E-state index contributed by atoms with van der Waals surface area (Å²) in [6, 6.07) is 12.1. The molecule has 0 aromatic heterocycles. The van der Waals surface area contributed by atoms with Crippen LogP contribution < -0.4 is 10.5 Å². The fraction of sp³-hybridized carbons (Fsp3) is 0.250. The minimum Gasteiger partial charge on any atom is -0.497 e. The summed E-state index contributed by atoms with van der Waals surface area (Å²) < 4.78 is 44.5. The van der Waals surface area contributed by atoms with Crippen molar-refractivity contribution in [1.82, 2.24) is 0 Å². The van der Waals surface area contributed by atoms with Gasteiger partial charge < -0.3 is 10.5 Å². The second kappa shape index (κ2) is 5.41. The molecule has 112 valence electrons. The second-order valence-electron chi connectivity index (χ2n) is 4.97. The number of benzene rings is 2. The fourth-order valence-corrected chi connectivity index (χ4v) is 2.28. The summed E-state index contributed by atoms with van der Waals surface area (Å²) in [5, 5.41) is 0. The fourth-order valence-electron chi connectivity index (χ4n) is 2.28. The molecule has 1 atom stereocenters. The Morgan fingerprint density at radius 1 is 0.905 bits per heavy atom. The van der Waals surface area contributed by atoms with Crippen molar-refractivity contribution >= 4 is 0 Å². The molecule has 1 unspecified atom stereocenters. The molecule has 2 rings (SSSR count). The Labute approximate surface area is 121 Å². The van der Waals surface area contributed by atoms with Crippen molar-refractivity contribution in [1.29, 1.82) is 0 Å². The van der Waals surface area contributed by atoms with E-state index < -0.39 is 17.3 Å². The van der Waals surface area contributed by atoms with Gasteiger partial charge in [-0.05, 0) is 36.2 Å². The Morgan fingerprint density at radius 2 is 1.43 bits per heavy atom. The first-order chi connectivity index (χ1) is 9.76. The van der Waals surface area contributed by atoms with Crippen LogP contribution in [0.2, 0.25) is 0 Å². The van der Waals surface area contributed by atoms with Crippen molar-refractivity contribution in [3.63, 3.8) is 0 Å². The first-order valence-electron chi connectivity index (χ1n) is 6.37. The van der Waals surface area contributed by atoms with Gasteiger partial charge in [-0.25, -0.2) is 0 Å². The topological polar surface area (TPSA) is 35.2 Å². The first kappa shape index (κ1) is 15.4. The van der Waals surface area contributed by atoms with Gasteiger partial charge in [0.25, 0.3) is 0 Å². The molecule has 2 nitrogen and oxygen atoms in total. The summed E-state index contributed by atoms with van der Waals surface area (Å²) >= 11 is 0. The van der Waals surface area contributed by atoms with Crippen molar-refractivity contribution in [2.75, 3.05) is 7.11 Å². The molecule has 2 aromatic rings. The Bertz CT molecular complexity index is 618. The highest BCUT2D eigenvalue weighted by Gasteiger charge is 2.38. The lowest BCUT2D eigenvalue weighted by atomic mass is 9.83. The van der Waals surface area contributed by atoms with Crippen LogP contribution in [0.15, 0.2) is 48.5 Å². The molecular formula is C16H16F3NO. The zero-order valence-electron chi connectivity index (χ0n) is 11.7. The van der Waals surface area contributed by atoms with Gasteiger partial charge in [-0.3, -0.25) is 0 Å². The lowest BCUT2D eigenvalue weighted by molar-refractivity contribution is -0.138. The number of rotatable bonds is 3. The van der Waals surface area contributed by atoms with Crippen LogP contribution in [0, 0.1) is 0 Å². The van der Waals surface area contributed by atoms with Crippen LogP contribution >= 0.6 is 0 Å². The number of halogens is 3. The molecule has 21 heavy (non-hydrogen) atoms. The number of methoxy groups -OCH3 is 1. The molecular weight excluding hydrogens is 279 g/mol. The summed E-state index contributed by atoms with van der Waals surface area (Å²) in [7, 11) is 1.52. The minimum absolute atomic E-state index is 0.0441. The van der Waals surface area contributed by atoms with Crippen LogP contribution in [-0.2, 0) is 11.7 Å². The van der Waals surface area contributed by atoms with E-state index in [1.807, 2.05) is 0 Å². The van der Waals surface area contributed by atoms with Crippen molar-refractivity contribution in [3.05, 3.63) is 65.2 Å². The maximum Gasteiger partial charge on any atom is 0.416 e. The van der Waals surface area contributed by atoms with Crippen LogP contribution in [0.1, 0.15) is 23.6 Å². The molecule has 0 heterocycles. The van der Waals surface area contributed by atoms with Crippen molar-refractivity contribution in [2.24, 2.45) is 5.73 Å². The third-order valence-corrected chi connectivity index (χ3v) is 3.48. The normalized spacial score (nSPS) is 14.6. The van der Waals surface area contributed by atoms with Gasteiger partial charge in [0, 0.05) is 0 Å². The van der Waals surface area contributed by atoms with E-state index in [0.717, 1.165) is 6.07 Å². The maximum absolute atomic E-state index is 13.1. The Balaban J connectivity index is 2.53. The van der Waals surface area contributed by atoms with Gasteiger partial charge in [-0.1, -0.05) is 30.3 Å². The molecule has 2 N–H and O–H groups in total. The van der Waals surface area contributed by atoms with E-state index in [0.29, 0.717) is 11.3 Å². The monoisotopic (exact) mass is 295 g/mol. The molecule has 0 saturated carbocycles. The van der Waals surface area contributed by atoms with Gasteiger partial charge in [0.1, 0.15) is 5.75 Å². The van der Waals surface area contributed by atoms with Crippen molar-refractivity contribution in [3.8, 4) is 5.75 Å². The molecule has 0 spiro atoms. The Morgan fingerprint density at radius 3 is 1.90 bits per heavy atom. The summed E-state index contributed by atoms with van der Waals surface area (Å²) in [6.07, 6.45) is -4.44. The van der Waals surface area contributed by atoms with Crippen molar-refractivity contribution in [2.45, 2.75) is 18.6 Å². The highest BCUT2D eigenvalue weighted by atomic mass is 19.4. The smallest absolute Gasteiger partial charge is 0.416 e. The van der Waals surface area contributed by atoms with Gasteiger partial charge in [0.15, 0.2) is 0 Å². The zero-order chi connectivity index (χ0) is 15.7. The molecule has 0 bridgehead atoms. The number of hydrogen-bond acceptors (Lipinski definition) is 2. The maximum atomic E-state index is 13.1. The molecule has 0 aliphatic carbocycles. The standard InChI is InChI=1S/C16H16F3NO/c1-15(20,11-7-9-12(21-2)10-8-11)13-5-3-4-6-14(13)16(17,18)19/h3-10H,20H2,1-2H3. The second-order valence-corrected chi connectivity index (χ2v) is 4.97. The average molecular weight is 295 g/mol. The summed E-state index contributed by atoms with van der Waals surface area (Å²) in [4.78, 5) is 0. The Kier molecular flexibility index (Phi) is 3.96. The molecule has 0 aliphatic rings. The minimum atomic E-state index is -4.44. The van der Waals surface area contributed by atoms with E-state index in [1.165, 1.54) is 19.2 Å². The average Bonchev–Trinajstić information content (AvgIpc) is 2.46. The van der Waals surface area contributed by atoms with E-state index in [-0.39, 0.29) is 5.56 Å². The highest BCUT2D eigenvalue weighted by Crippen LogP contribution is 2.38. The quantitative estimate of drug-likeness (QED) is 0.931. The van der Waals surface area contributed by atoms with E-state index in [2.05, 4.69) is 0 Å². The highest BCUT2D eigenvalue weighted by molar-refractivity contribution is 5.44. The molecule has 0 saturated heterocycles.